The second-order valence-electron chi connectivity index (χ2n) is 7.04. The molecule has 0 fully saturated rings. The van der Waals surface area contributed by atoms with Gasteiger partial charge in [-0.3, -0.25) is 5.01 Å². The van der Waals surface area contributed by atoms with Crippen LogP contribution in [0.15, 0.2) is 12.4 Å². The lowest BCUT2D eigenvalue weighted by Gasteiger charge is -2.34. The fourth-order valence-electron chi connectivity index (χ4n) is 2.95. The minimum atomic E-state index is 0.194. The van der Waals surface area contributed by atoms with Crippen LogP contribution in [0.25, 0.3) is 0 Å². The van der Waals surface area contributed by atoms with Gasteiger partial charge in [-0.1, -0.05) is 77.6 Å². The van der Waals surface area contributed by atoms with Gasteiger partial charge >= 0.3 is 0 Å². The average Bonchev–Trinajstić information content (AvgIpc) is 3.00. The lowest BCUT2D eigenvalue weighted by Crippen LogP contribution is -2.49. The molecule has 124 valence electrons. The smallest absolute Gasteiger partial charge is 0.0519 e. The van der Waals surface area contributed by atoms with Gasteiger partial charge in [-0.2, -0.15) is 0 Å². The molecule has 0 aromatic carbocycles. The molecule has 1 aliphatic heterocycles. The van der Waals surface area contributed by atoms with E-state index in [4.69, 9.17) is 0 Å². The summed E-state index contributed by atoms with van der Waals surface area (Å²) in [5, 5.41) is 2.17. The van der Waals surface area contributed by atoms with Gasteiger partial charge in [0, 0.05) is 12.4 Å². The second kappa shape index (κ2) is 10.9. The maximum atomic E-state index is 3.16. The quantitative estimate of drug-likeness (QED) is 0.454. The first-order valence-corrected chi connectivity index (χ1v) is 9.14. The number of hydrazine groups is 2. The fourth-order valence-corrected chi connectivity index (χ4v) is 2.95. The predicted octanol–water partition coefficient (Wildman–Crippen LogP) is 5.26. The van der Waals surface area contributed by atoms with Crippen LogP contribution in [0.4, 0.5) is 0 Å². The van der Waals surface area contributed by atoms with E-state index >= 15 is 0 Å². The third kappa shape index (κ3) is 8.35. The second-order valence-corrected chi connectivity index (χ2v) is 7.04. The van der Waals surface area contributed by atoms with Gasteiger partial charge in [-0.05, 0) is 20.3 Å². The van der Waals surface area contributed by atoms with E-state index < -0.39 is 0 Å². The number of unbranched alkanes of at least 4 members (excludes halogenated alkanes) is 10. The van der Waals surface area contributed by atoms with Crippen molar-refractivity contribution in [2.24, 2.45) is 0 Å². The van der Waals surface area contributed by atoms with Crippen LogP contribution in [0.3, 0.4) is 0 Å². The first kappa shape index (κ1) is 18.3. The van der Waals surface area contributed by atoms with Crippen LogP contribution < -0.4 is 11.0 Å². The van der Waals surface area contributed by atoms with Crippen LogP contribution in [-0.2, 0) is 0 Å². The van der Waals surface area contributed by atoms with E-state index in [1.807, 2.05) is 6.20 Å². The van der Waals surface area contributed by atoms with Gasteiger partial charge < -0.3 is 5.43 Å². The van der Waals surface area contributed by atoms with Crippen molar-refractivity contribution in [3.05, 3.63) is 12.4 Å². The SMILES string of the molecule is CCCCCCCCCCCCCC(C)(C)N1C=CNN1. The van der Waals surface area contributed by atoms with Gasteiger partial charge in [-0.15, -0.1) is 5.53 Å². The third-order valence-electron chi connectivity index (χ3n) is 4.54. The number of nitrogens with zero attached hydrogens (tertiary/aromatic N) is 1. The molecule has 1 heterocycles. The molecule has 0 saturated heterocycles. The van der Waals surface area contributed by atoms with Gasteiger partial charge in [0.25, 0.3) is 0 Å². The van der Waals surface area contributed by atoms with Crippen molar-refractivity contribution in [1.29, 1.82) is 0 Å². The largest absolute Gasteiger partial charge is 0.310 e. The van der Waals surface area contributed by atoms with Crippen molar-refractivity contribution < 1.29 is 0 Å². The summed E-state index contributed by atoms with van der Waals surface area (Å²) in [6.45, 7) is 6.88. The summed E-state index contributed by atoms with van der Waals surface area (Å²) in [5.41, 5.74) is 6.37. The number of hydrogen-bond acceptors (Lipinski definition) is 3. The zero-order valence-corrected chi connectivity index (χ0v) is 14.6. The lowest BCUT2D eigenvalue weighted by atomic mass is 9.95. The molecular weight excluding hydrogens is 258 g/mol. The highest BCUT2D eigenvalue weighted by Gasteiger charge is 2.25. The van der Waals surface area contributed by atoms with Crippen molar-refractivity contribution in [2.45, 2.75) is 103 Å². The minimum Gasteiger partial charge on any atom is -0.310 e. The van der Waals surface area contributed by atoms with Crippen molar-refractivity contribution in [3.8, 4) is 0 Å². The summed E-state index contributed by atoms with van der Waals surface area (Å²) < 4.78 is 0. The Kier molecular flexibility index (Phi) is 9.56. The zero-order chi connectivity index (χ0) is 15.4. The Bertz CT molecular complexity index is 274. The van der Waals surface area contributed by atoms with Crippen LogP contribution in [-0.4, -0.2) is 10.5 Å². The molecule has 0 radical (unpaired) electrons. The molecule has 0 saturated carbocycles. The van der Waals surface area contributed by atoms with E-state index in [1.165, 1.54) is 77.0 Å². The van der Waals surface area contributed by atoms with Crippen LogP contribution in [0.1, 0.15) is 97.8 Å². The molecule has 3 heteroatoms. The molecule has 1 rings (SSSR count). The number of rotatable bonds is 13. The van der Waals surface area contributed by atoms with E-state index in [9.17, 15) is 0 Å². The third-order valence-corrected chi connectivity index (χ3v) is 4.54. The minimum absolute atomic E-state index is 0.194. The van der Waals surface area contributed by atoms with Gasteiger partial charge in [-0.25, -0.2) is 0 Å². The van der Waals surface area contributed by atoms with E-state index in [0.29, 0.717) is 0 Å². The Morgan fingerprint density at radius 2 is 1.33 bits per heavy atom. The highest BCUT2D eigenvalue weighted by Crippen LogP contribution is 2.22. The first-order chi connectivity index (χ1) is 10.2. The lowest BCUT2D eigenvalue weighted by molar-refractivity contribution is 0.109. The predicted molar refractivity (Wildman–Crippen MR) is 92.4 cm³/mol. The number of nitrogens with one attached hydrogen (secondary N) is 2. The molecule has 0 aromatic heterocycles. The standard InChI is InChI=1S/C18H37N3/c1-4-5-6-7-8-9-10-11-12-13-14-15-18(2,3)21-17-16-19-20-21/h16-17,19-20H,4-15H2,1-3H3. The molecule has 0 aliphatic carbocycles. The van der Waals surface area contributed by atoms with E-state index in [-0.39, 0.29) is 5.54 Å². The molecule has 0 unspecified atom stereocenters. The van der Waals surface area contributed by atoms with Gasteiger partial charge in [0.05, 0.1) is 5.54 Å². The summed E-state index contributed by atoms with van der Waals surface area (Å²) in [4.78, 5) is 0. The Morgan fingerprint density at radius 3 is 1.81 bits per heavy atom. The first-order valence-electron chi connectivity index (χ1n) is 9.14. The maximum Gasteiger partial charge on any atom is 0.0519 e. The maximum absolute atomic E-state index is 3.16. The van der Waals surface area contributed by atoms with Crippen molar-refractivity contribution >= 4 is 0 Å². The molecule has 1 aliphatic rings. The van der Waals surface area contributed by atoms with Gasteiger partial charge in [0.15, 0.2) is 0 Å². The van der Waals surface area contributed by atoms with Crippen LogP contribution in [0.5, 0.6) is 0 Å². The summed E-state index contributed by atoms with van der Waals surface area (Å²) >= 11 is 0. The molecule has 0 amide bonds. The van der Waals surface area contributed by atoms with E-state index in [1.54, 1.807) is 0 Å². The summed E-state index contributed by atoms with van der Waals surface area (Å²) in [6, 6.07) is 0. The van der Waals surface area contributed by atoms with Crippen molar-refractivity contribution in [1.82, 2.24) is 16.0 Å². The molecule has 21 heavy (non-hydrogen) atoms. The zero-order valence-electron chi connectivity index (χ0n) is 14.6. The number of hydrogen-bond donors (Lipinski definition) is 2. The molecule has 0 atom stereocenters. The summed E-state index contributed by atoms with van der Waals surface area (Å²) in [6.07, 6.45) is 20.8. The monoisotopic (exact) mass is 295 g/mol. The molecule has 0 spiro atoms. The van der Waals surface area contributed by atoms with Gasteiger partial charge in [0.1, 0.15) is 0 Å². The fraction of sp³-hybridized carbons (Fsp3) is 0.889. The molecule has 0 aromatic rings. The molecule has 3 nitrogen and oxygen atoms in total. The Morgan fingerprint density at radius 1 is 0.810 bits per heavy atom. The summed E-state index contributed by atoms with van der Waals surface area (Å²) in [5.74, 6) is 0. The van der Waals surface area contributed by atoms with E-state index in [0.717, 1.165) is 0 Å². The summed E-state index contributed by atoms with van der Waals surface area (Å²) in [7, 11) is 0. The highest BCUT2D eigenvalue weighted by molar-refractivity contribution is 4.92. The van der Waals surface area contributed by atoms with Crippen LogP contribution in [0, 0.1) is 0 Å². The molecule has 2 N–H and O–H groups in total. The average molecular weight is 296 g/mol. The van der Waals surface area contributed by atoms with Crippen LogP contribution >= 0.6 is 0 Å². The molecule has 0 bridgehead atoms. The van der Waals surface area contributed by atoms with Crippen molar-refractivity contribution in [2.75, 3.05) is 0 Å². The topological polar surface area (TPSA) is 27.3 Å². The van der Waals surface area contributed by atoms with E-state index in [2.05, 4.69) is 42.9 Å². The molecular formula is C18H37N3. The van der Waals surface area contributed by atoms with Crippen molar-refractivity contribution in [3.63, 3.8) is 0 Å². The highest BCUT2D eigenvalue weighted by atomic mass is 15.7. The normalized spacial score (nSPS) is 14.7. The Labute approximate surface area is 132 Å². The van der Waals surface area contributed by atoms with Gasteiger partial charge in [0.2, 0.25) is 0 Å². The van der Waals surface area contributed by atoms with Crippen LogP contribution in [0.2, 0.25) is 0 Å². The Hall–Kier alpha value is -0.700. The Balaban J connectivity index is 1.87.